The highest BCUT2D eigenvalue weighted by molar-refractivity contribution is 6.35. The van der Waals surface area contributed by atoms with E-state index in [1.165, 1.54) is 0 Å². The van der Waals surface area contributed by atoms with Crippen molar-refractivity contribution in [1.82, 2.24) is 19.7 Å². The van der Waals surface area contributed by atoms with Gasteiger partial charge in [-0.05, 0) is 32.0 Å². The lowest BCUT2D eigenvalue weighted by atomic mass is 10.0. The fourth-order valence-corrected chi connectivity index (χ4v) is 3.69. The molecular weight excluding hydrogens is 395 g/mol. The van der Waals surface area contributed by atoms with E-state index in [9.17, 15) is 0 Å². The predicted octanol–water partition coefficient (Wildman–Crippen LogP) is 5.71. The van der Waals surface area contributed by atoms with Crippen LogP contribution in [0.15, 0.2) is 48.9 Å². The maximum Gasteiger partial charge on any atom is 0.146 e. The van der Waals surface area contributed by atoms with Crippen molar-refractivity contribution in [2.45, 2.75) is 27.0 Å². The topological polar surface area (TPSA) is 52.8 Å². The zero-order chi connectivity index (χ0) is 19.7. The van der Waals surface area contributed by atoms with Crippen LogP contribution in [0.3, 0.4) is 0 Å². The lowest BCUT2D eigenvalue weighted by Gasteiger charge is -2.14. The Morgan fingerprint density at radius 1 is 1.11 bits per heavy atom. The number of nitrogens with zero attached hydrogens (tertiary/aromatic N) is 4. The second-order valence-corrected chi connectivity index (χ2v) is 7.18. The van der Waals surface area contributed by atoms with Crippen molar-refractivity contribution in [1.29, 1.82) is 0 Å². The van der Waals surface area contributed by atoms with Gasteiger partial charge in [-0.3, -0.25) is 9.67 Å². The molecule has 0 bridgehead atoms. The highest BCUT2D eigenvalue weighted by atomic mass is 35.5. The molecule has 0 saturated carbocycles. The molecule has 0 N–H and O–H groups in total. The number of ether oxygens (including phenoxy) is 1. The summed E-state index contributed by atoms with van der Waals surface area (Å²) >= 11 is 12.4. The first-order valence-corrected chi connectivity index (χ1v) is 9.67. The SMILES string of the molecule is CCn1nccc1-c1cc(C)nc2c(OCc3c(Cl)cncc3Cl)cccc12. The van der Waals surface area contributed by atoms with Crippen LogP contribution in [-0.4, -0.2) is 19.7 Å². The molecule has 28 heavy (non-hydrogen) atoms. The van der Waals surface area contributed by atoms with Gasteiger partial charge in [-0.2, -0.15) is 5.10 Å². The molecule has 0 atom stereocenters. The summed E-state index contributed by atoms with van der Waals surface area (Å²) < 4.78 is 8.04. The van der Waals surface area contributed by atoms with Crippen LogP contribution in [0.1, 0.15) is 18.2 Å². The summed E-state index contributed by atoms with van der Waals surface area (Å²) in [6, 6.07) is 10.00. The summed E-state index contributed by atoms with van der Waals surface area (Å²) in [5, 5.41) is 6.35. The maximum atomic E-state index is 6.21. The summed E-state index contributed by atoms with van der Waals surface area (Å²) in [6.07, 6.45) is 4.93. The zero-order valence-corrected chi connectivity index (χ0v) is 17.0. The fraction of sp³-hybridized carbons (Fsp3) is 0.190. The summed E-state index contributed by atoms with van der Waals surface area (Å²) in [5.74, 6) is 0.675. The second kappa shape index (κ2) is 7.78. The van der Waals surface area contributed by atoms with Crippen LogP contribution in [0.2, 0.25) is 10.0 Å². The number of fused-ring (bicyclic) bond motifs is 1. The molecule has 0 aliphatic heterocycles. The first-order chi connectivity index (χ1) is 13.6. The van der Waals surface area contributed by atoms with E-state index in [-0.39, 0.29) is 6.61 Å². The van der Waals surface area contributed by atoms with E-state index in [0.29, 0.717) is 21.4 Å². The van der Waals surface area contributed by atoms with E-state index in [4.69, 9.17) is 32.9 Å². The van der Waals surface area contributed by atoms with Gasteiger partial charge >= 0.3 is 0 Å². The smallest absolute Gasteiger partial charge is 0.146 e. The lowest BCUT2D eigenvalue weighted by molar-refractivity contribution is 0.309. The van der Waals surface area contributed by atoms with Crippen molar-refractivity contribution in [3.05, 3.63) is 70.2 Å². The first-order valence-electron chi connectivity index (χ1n) is 8.91. The number of para-hydroxylation sites is 1. The van der Waals surface area contributed by atoms with Gasteiger partial charge in [0.05, 0.1) is 15.7 Å². The van der Waals surface area contributed by atoms with Crippen LogP contribution in [-0.2, 0) is 13.2 Å². The summed E-state index contributed by atoms with van der Waals surface area (Å²) in [7, 11) is 0. The fourth-order valence-electron chi connectivity index (χ4n) is 3.22. The molecule has 0 spiro atoms. The van der Waals surface area contributed by atoms with Crippen LogP contribution >= 0.6 is 23.2 Å². The van der Waals surface area contributed by atoms with Crippen molar-refractivity contribution in [3.63, 3.8) is 0 Å². The van der Waals surface area contributed by atoms with Crippen LogP contribution in [0.5, 0.6) is 5.75 Å². The highest BCUT2D eigenvalue weighted by Crippen LogP contribution is 2.34. The molecule has 0 aliphatic rings. The van der Waals surface area contributed by atoms with Gasteiger partial charge in [0.25, 0.3) is 0 Å². The monoisotopic (exact) mass is 412 g/mol. The number of hydrogen-bond donors (Lipinski definition) is 0. The van der Waals surface area contributed by atoms with Crippen LogP contribution in [0, 0.1) is 6.92 Å². The number of benzene rings is 1. The van der Waals surface area contributed by atoms with Gasteiger partial charge in [0, 0.05) is 47.3 Å². The van der Waals surface area contributed by atoms with Crippen molar-refractivity contribution in [3.8, 4) is 17.0 Å². The van der Waals surface area contributed by atoms with Crippen molar-refractivity contribution >= 4 is 34.1 Å². The molecule has 0 radical (unpaired) electrons. The Bertz CT molecular complexity index is 1140. The zero-order valence-electron chi connectivity index (χ0n) is 15.5. The summed E-state index contributed by atoms with van der Waals surface area (Å²) in [6.45, 7) is 5.07. The summed E-state index contributed by atoms with van der Waals surface area (Å²) in [4.78, 5) is 8.70. The minimum Gasteiger partial charge on any atom is -0.487 e. The number of halogens is 2. The minimum absolute atomic E-state index is 0.233. The molecular formula is C21H18Cl2N4O. The first kappa shape index (κ1) is 18.7. The number of aromatic nitrogens is 4. The van der Waals surface area contributed by atoms with Crippen LogP contribution in [0.4, 0.5) is 0 Å². The van der Waals surface area contributed by atoms with E-state index in [2.05, 4.69) is 23.1 Å². The van der Waals surface area contributed by atoms with E-state index in [1.54, 1.807) is 12.4 Å². The van der Waals surface area contributed by atoms with Gasteiger partial charge in [-0.1, -0.05) is 35.3 Å². The van der Waals surface area contributed by atoms with E-state index < -0.39 is 0 Å². The Hall–Kier alpha value is -2.63. The number of pyridine rings is 2. The largest absolute Gasteiger partial charge is 0.487 e. The van der Waals surface area contributed by atoms with Gasteiger partial charge in [0.15, 0.2) is 0 Å². The summed E-state index contributed by atoms with van der Waals surface area (Å²) in [5.41, 5.74) is 4.53. The average Bonchev–Trinajstić information content (AvgIpc) is 3.16. The normalized spacial score (nSPS) is 11.1. The van der Waals surface area contributed by atoms with Gasteiger partial charge in [0.1, 0.15) is 17.9 Å². The lowest BCUT2D eigenvalue weighted by Crippen LogP contribution is -2.02. The Balaban J connectivity index is 1.79. The maximum absolute atomic E-state index is 6.21. The molecule has 3 heterocycles. The average molecular weight is 413 g/mol. The Morgan fingerprint density at radius 3 is 2.64 bits per heavy atom. The molecule has 4 rings (SSSR count). The molecule has 0 fully saturated rings. The van der Waals surface area contributed by atoms with Crippen molar-refractivity contribution < 1.29 is 4.74 Å². The molecule has 0 unspecified atom stereocenters. The molecule has 1 aromatic carbocycles. The molecule has 7 heteroatoms. The predicted molar refractivity (Wildman–Crippen MR) is 112 cm³/mol. The third kappa shape index (κ3) is 3.43. The van der Waals surface area contributed by atoms with Gasteiger partial charge in [0.2, 0.25) is 0 Å². The minimum atomic E-state index is 0.233. The van der Waals surface area contributed by atoms with E-state index in [0.717, 1.165) is 34.4 Å². The standard InChI is InChI=1S/C21H18Cl2N4O/c1-3-27-19(7-8-25-27)15-9-13(2)26-21-14(15)5-4-6-20(21)28-12-16-17(22)10-24-11-18(16)23/h4-11H,3,12H2,1-2H3. The Morgan fingerprint density at radius 2 is 1.89 bits per heavy atom. The molecule has 142 valence electrons. The van der Waals surface area contributed by atoms with Gasteiger partial charge < -0.3 is 4.74 Å². The van der Waals surface area contributed by atoms with Crippen molar-refractivity contribution in [2.75, 3.05) is 0 Å². The quantitative estimate of drug-likeness (QED) is 0.421. The number of hydrogen-bond acceptors (Lipinski definition) is 4. The Kier molecular flexibility index (Phi) is 5.20. The van der Waals surface area contributed by atoms with Gasteiger partial charge in [-0.15, -0.1) is 0 Å². The molecule has 3 aromatic heterocycles. The number of aryl methyl sites for hydroxylation is 2. The Labute approximate surface area is 172 Å². The van der Waals surface area contributed by atoms with Crippen molar-refractivity contribution in [2.24, 2.45) is 0 Å². The molecule has 0 amide bonds. The molecule has 0 saturated heterocycles. The molecule has 0 aliphatic carbocycles. The second-order valence-electron chi connectivity index (χ2n) is 6.37. The van der Waals surface area contributed by atoms with Crippen LogP contribution in [0.25, 0.3) is 22.2 Å². The van der Waals surface area contributed by atoms with E-state index in [1.807, 2.05) is 42.1 Å². The number of rotatable bonds is 5. The van der Waals surface area contributed by atoms with Gasteiger partial charge in [-0.25, -0.2) is 4.98 Å². The van der Waals surface area contributed by atoms with E-state index >= 15 is 0 Å². The molecule has 5 nitrogen and oxygen atoms in total. The van der Waals surface area contributed by atoms with Crippen LogP contribution < -0.4 is 4.74 Å². The highest BCUT2D eigenvalue weighted by Gasteiger charge is 2.14. The molecule has 4 aromatic rings. The third-order valence-electron chi connectivity index (χ3n) is 4.55. The third-order valence-corrected chi connectivity index (χ3v) is 5.20.